The molecule has 0 aliphatic carbocycles. The molecule has 1 heterocycles. The fourth-order valence-electron chi connectivity index (χ4n) is 1.44. The van der Waals surface area contributed by atoms with Gasteiger partial charge in [0.25, 0.3) is 0 Å². The summed E-state index contributed by atoms with van der Waals surface area (Å²) in [5.41, 5.74) is 0. The highest BCUT2D eigenvalue weighted by Crippen LogP contribution is 2.16. The molecular formula is C11H18BrN3O. The third-order valence-corrected chi connectivity index (χ3v) is 2.82. The normalized spacial score (nSPS) is 10.6. The number of anilines is 1. The van der Waals surface area contributed by atoms with E-state index in [1.807, 2.05) is 0 Å². The molecule has 0 fully saturated rings. The van der Waals surface area contributed by atoms with Gasteiger partial charge in [0.05, 0.1) is 19.5 Å². The monoisotopic (exact) mass is 287 g/mol. The maximum absolute atomic E-state index is 5.08. The molecule has 0 aliphatic heterocycles. The van der Waals surface area contributed by atoms with Gasteiger partial charge in [-0.25, -0.2) is 0 Å². The molecule has 5 heteroatoms. The lowest BCUT2D eigenvalue weighted by atomic mass is 10.3. The number of methoxy groups -OCH3 is 1. The van der Waals surface area contributed by atoms with Gasteiger partial charge in [0, 0.05) is 17.9 Å². The van der Waals surface area contributed by atoms with E-state index in [4.69, 9.17) is 4.74 Å². The minimum Gasteiger partial charge on any atom is -0.480 e. The third-order valence-electron chi connectivity index (χ3n) is 2.26. The predicted octanol–water partition coefficient (Wildman–Crippen LogP) is 2.49. The van der Waals surface area contributed by atoms with Crippen molar-refractivity contribution in [1.82, 2.24) is 9.97 Å². The number of nitrogens with zero attached hydrogens (tertiary/aromatic N) is 3. The molecule has 0 saturated carbocycles. The molecule has 0 aliphatic rings. The van der Waals surface area contributed by atoms with E-state index >= 15 is 0 Å². The van der Waals surface area contributed by atoms with Crippen molar-refractivity contribution >= 4 is 21.7 Å². The summed E-state index contributed by atoms with van der Waals surface area (Å²) in [5.74, 6) is 1.43. The van der Waals surface area contributed by atoms with Crippen LogP contribution in [0.3, 0.4) is 0 Å². The van der Waals surface area contributed by atoms with Crippen LogP contribution in [-0.4, -0.2) is 35.0 Å². The van der Waals surface area contributed by atoms with Gasteiger partial charge in [-0.2, -0.15) is 4.98 Å². The van der Waals surface area contributed by atoms with E-state index in [-0.39, 0.29) is 0 Å². The van der Waals surface area contributed by atoms with Crippen molar-refractivity contribution in [3.63, 3.8) is 0 Å². The van der Waals surface area contributed by atoms with Gasteiger partial charge in [-0.15, -0.1) is 0 Å². The second-order valence-corrected chi connectivity index (χ2v) is 4.54. The van der Waals surface area contributed by atoms with Gasteiger partial charge >= 0.3 is 0 Å². The molecule has 4 nitrogen and oxygen atoms in total. The number of halogens is 1. The van der Waals surface area contributed by atoms with E-state index < -0.39 is 0 Å². The van der Waals surface area contributed by atoms with Crippen molar-refractivity contribution in [2.75, 3.05) is 23.9 Å². The zero-order chi connectivity index (χ0) is 12.0. The number of hydrogen-bond donors (Lipinski definition) is 0. The first kappa shape index (κ1) is 13.2. The second kappa shape index (κ2) is 6.68. The Kier molecular flexibility index (Phi) is 5.52. The molecule has 0 saturated heterocycles. The van der Waals surface area contributed by atoms with Crippen LogP contribution in [0.25, 0.3) is 0 Å². The Labute approximate surface area is 105 Å². The quantitative estimate of drug-likeness (QED) is 0.754. The highest BCUT2D eigenvalue weighted by Gasteiger charge is 2.12. The van der Waals surface area contributed by atoms with Crippen molar-refractivity contribution in [2.45, 2.75) is 26.3 Å². The average molecular weight is 288 g/mol. The molecule has 0 atom stereocenters. The first-order valence-electron chi connectivity index (χ1n) is 5.37. The molecule has 0 unspecified atom stereocenters. The standard InChI is InChI=1S/C11H18BrN3O/c1-9(2)15(6-4-5-12)10-7-13-8-11(14-10)16-3/h7-9H,4-6H2,1-3H3. The fourth-order valence-corrected chi connectivity index (χ4v) is 1.69. The van der Waals surface area contributed by atoms with Crippen molar-refractivity contribution in [2.24, 2.45) is 0 Å². The van der Waals surface area contributed by atoms with Crippen LogP contribution in [0.2, 0.25) is 0 Å². The molecule has 1 rings (SSSR count). The Bertz CT molecular complexity index is 320. The molecule has 0 aromatic carbocycles. The predicted molar refractivity (Wildman–Crippen MR) is 69.5 cm³/mol. The SMILES string of the molecule is COc1cncc(N(CCCBr)C(C)C)n1. The first-order chi connectivity index (χ1) is 7.69. The van der Waals surface area contributed by atoms with Gasteiger partial charge in [-0.05, 0) is 20.3 Å². The van der Waals surface area contributed by atoms with Crippen LogP contribution in [0.5, 0.6) is 5.88 Å². The zero-order valence-electron chi connectivity index (χ0n) is 9.98. The number of hydrogen-bond acceptors (Lipinski definition) is 4. The molecule has 1 aromatic rings. The molecule has 16 heavy (non-hydrogen) atoms. The topological polar surface area (TPSA) is 38.2 Å². The summed E-state index contributed by atoms with van der Waals surface area (Å²) in [6.07, 6.45) is 4.47. The lowest BCUT2D eigenvalue weighted by Gasteiger charge is -2.27. The smallest absolute Gasteiger partial charge is 0.233 e. The van der Waals surface area contributed by atoms with Gasteiger partial charge in [0.2, 0.25) is 5.88 Å². The summed E-state index contributed by atoms with van der Waals surface area (Å²) in [4.78, 5) is 10.7. The van der Waals surface area contributed by atoms with Crippen LogP contribution in [0.15, 0.2) is 12.4 Å². The second-order valence-electron chi connectivity index (χ2n) is 3.75. The number of rotatable bonds is 6. The minimum absolute atomic E-state index is 0.403. The lowest BCUT2D eigenvalue weighted by Crippen LogP contribution is -2.32. The van der Waals surface area contributed by atoms with Gasteiger partial charge < -0.3 is 9.64 Å². The summed E-state index contributed by atoms with van der Waals surface area (Å²) >= 11 is 3.44. The van der Waals surface area contributed by atoms with Gasteiger partial charge in [0.1, 0.15) is 0 Å². The molecule has 0 spiro atoms. The van der Waals surface area contributed by atoms with Crippen LogP contribution in [0.4, 0.5) is 5.82 Å². The van der Waals surface area contributed by atoms with E-state index in [1.165, 1.54) is 0 Å². The zero-order valence-corrected chi connectivity index (χ0v) is 11.6. The Hall–Kier alpha value is -0.840. The summed E-state index contributed by atoms with van der Waals surface area (Å²) in [6.45, 7) is 5.26. The number of ether oxygens (including phenoxy) is 1. The molecule has 0 radical (unpaired) electrons. The highest BCUT2D eigenvalue weighted by molar-refractivity contribution is 9.09. The summed E-state index contributed by atoms with van der Waals surface area (Å²) in [5, 5.41) is 0.994. The van der Waals surface area contributed by atoms with E-state index in [9.17, 15) is 0 Å². The number of alkyl halides is 1. The lowest BCUT2D eigenvalue weighted by molar-refractivity contribution is 0.395. The Balaban J connectivity index is 2.82. The Morgan fingerprint density at radius 2 is 2.19 bits per heavy atom. The van der Waals surface area contributed by atoms with Gasteiger partial charge in [-0.3, -0.25) is 4.98 Å². The molecule has 90 valence electrons. The van der Waals surface area contributed by atoms with Crippen molar-refractivity contribution in [3.8, 4) is 5.88 Å². The van der Waals surface area contributed by atoms with Crippen LogP contribution in [0, 0.1) is 0 Å². The minimum atomic E-state index is 0.403. The molecule has 0 bridgehead atoms. The highest BCUT2D eigenvalue weighted by atomic mass is 79.9. The van der Waals surface area contributed by atoms with E-state index in [2.05, 4.69) is 44.6 Å². The molecule has 1 aromatic heterocycles. The van der Waals surface area contributed by atoms with Gasteiger partial charge in [-0.1, -0.05) is 15.9 Å². The first-order valence-corrected chi connectivity index (χ1v) is 6.49. The van der Waals surface area contributed by atoms with Crippen molar-refractivity contribution in [3.05, 3.63) is 12.4 Å². The van der Waals surface area contributed by atoms with Crippen molar-refractivity contribution < 1.29 is 4.74 Å². The number of aromatic nitrogens is 2. The summed E-state index contributed by atoms with van der Waals surface area (Å²) in [6, 6.07) is 0.403. The van der Waals surface area contributed by atoms with Crippen LogP contribution >= 0.6 is 15.9 Å². The maximum Gasteiger partial charge on any atom is 0.233 e. The largest absolute Gasteiger partial charge is 0.480 e. The molecular weight excluding hydrogens is 270 g/mol. The molecule has 0 N–H and O–H groups in total. The van der Waals surface area contributed by atoms with Crippen molar-refractivity contribution in [1.29, 1.82) is 0 Å². The van der Waals surface area contributed by atoms with Crippen LogP contribution < -0.4 is 9.64 Å². The van der Waals surface area contributed by atoms with E-state index in [1.54, 1.807) is 19.5 Å². The van der Waals surface area contributed by atoms with Gasteiger partial charge in [0.15, 0.2) is 5.82 Å². The fraction of sp³-hybridized carbons (Fsp3) is 0.636. The molecule has 0 amide bonds. The van der Waals surface area contributed by atoms with E-state index in [0.717, 1.165) is 24.1 Å². The summed E-state index contributed by atoms with van der Waals surface area (Å²) < 4.78 is 5.08. The van der Waals surface area contributed by atoms with E-state index in [0.29, 0.717) is 11.9 Å². The average Bonchev–Trinajstić information content (AvgIpc) is 2.29. The van der Waals surface area contributed by atoms with Crippen LogP contribution in [0.1, 0.15) is 20.3 Å². The summed E-state index contributed by atoms with van der Waals surface area (Å²) in [7, 11) is 1.60. The third kappa shape index (κ3) is 3.63. The maximum atomic E-state index is 5.08. The Morgan fingerprint density at radius 3 is 2.75 bits per heavy atom. The van der Waals surface area contributed by atoms with Crippen LogP contribution in [-0.2, 0) is 0 Å². The Morgan fingerprint density at radius 1 is 1.44 bits per heavy atom.